The Morgan fingerprint density at radius 2 is 1.90 bits per heavy atom. The fraction of sp³-hybridized carbons (Fsp3) is 0.778. The first-order valence-electron chi connectivity index (χ1n) is 4.08. The molecule has 1 rings (SSSR count). The predicted octanol–water partition coefficient (Wildman–Crippen LogP) is 2.26. The van der Waals surface area contributed by atoms with Gasteiger partial charge in [-0.25, -0.2) is 0 Å². The maximum atomic E-state index is 9.29. The fourth-order valence-corrected chi connectivity index (χ4v) is 1.65. The summed E-state index contributed by atoms with van der Waals surface area (Å²) in [5.41, 5.74) is 2.70. The lowest BCUT2D eigenvalue weighted by atomic mass is 9.90. The highest BCUT2D eigenvalue weighted by Crippen LogP contribution is 2.26. The molecule has 0 bridgehead atoms. The van der Waals surface area contributed by atoms with Crippen molar-refractivity contribution in [3.8, 4) is 0 Å². The number of rotatable bonds is 1. The van der Waals surface area contributed by atoms with Gasteiger partial charge in [-0.05, 0) is 45.1 Å². The van der Waals surface area contributed by atoms with Crippen molar-refractivity contribution in [2.75, 3.05) is 0 Å². The molecule has 1 aliphatic rings. The second-order valence-electron chi connectivity index (χ2n) is 3.19. The molecule has 1 heteroatoms. The van der Waals surface area contributed by atoms with Gasteiger partial charge in [0.2, 0.25) is 0 Å². The number of hydrogen-bond acceptors (Lipinski definition) is 1. The van der Waals surface area contributed by atoms with Crippen LogP contribution in [0.3, 0.4) is 0 Å². The third-order valence-electron chi connectivity index (χ3n) is 2.30. The van der Waals surface area contributed by atoms with E-state index in [0.29, 0.717) is 0 Å². The highest BCUT2D eigenvalue weighted by molar-refractivity contribution is 5.17. The van der Waals surface area contributed by atoms with Gasteiger partial charge in [-0.1, -0.05) is 5.57 Å². The van der Waals surface area contributed by atoms with Crippen molar-refractivity contribution in [1.29, 1.82) is 0 Å². The monoisotopic (exact) mass is 140 g/mol. The van der Waals surface area contributed by atoms with Crippen LogP contribution in [0.15, 0.2) is 11.1 Å². The normalized spacial score (nSPS) is 23.1. The molecule has 0 aromatic rings. The Labute approximate surface area is 62.8 Å². The second-order valence-corrected chi connectivity index (χ2v) is 3.19. The summed E-state index contributed by atoms with van der Waals surface area (Å²) < 4.78 is 0. The molecular formula is C9H16O. The molecule has 0 saturated carbocycles. The van der Waals surface area contributed by atoms with E-state index < -0.39 is 0 Å². The molecule has 1 N–H and O–H groups in total. The van der Waals surface area contributed by atoms with Crippen LogP contribution < -0.4 is 0 Å². The van der Waals surface area contributed by atoms with E-state index in [1.807, 2.05) is 6.92 Å². The van der Waals surface area contributed by atoms with Crippen molar-refractivity contribution in [2.24, 2.45) is 0 Å². The summed E-state index contributed by atoms with van der Waals surface area (Å²) in [4.78, 5) is 0. The molecule has 1 nitrogen and oxygen atoms in total. The van der Waals surface area contributed by atoms with E-state index in [4.69, 9.17) is 0 Å². The van der Waals surface area contributed by atoms with Gasteiger partial charge in [0.05, 0.1) is 6.10 Å². The van der Waals surface area contributed by atoms with E-state index in [9.17, 15) is 5.11 Å². The van der Waals surface area contributed by atoms with E-state index in [2.05, 4.69) is 6.92 Å². The second kappa shape index (κ2) is 3.20. The SMILES string of the molecule is CC1=C([C@H](C)O)CCCC1. The summed E-state index contributed by atoms with van der Waals surface area (Å²) in [6, 6.07) is 0. The van der Waals surface area contributed by atoms with Crippen molar-refractivity contribution >= 4 is 0 Å². The van der Waals surface area contributed by atoms with E-state index in [0.717, 1.165) is 6.42 Å². The van der Waals surface area contributed by atoms with Gasteiger partial charge >= 0.3 is 0 Å². The number of aliphatic hydroxyl groups excluding tert-OH is 1. The number of allylic oxidation sites excluding steroid dienone is 1. The fourth-order valence-electron chi connectivity index (χ4n) is 1.65. The van der Waals surface area contributed by atoms with E-state index >= 15 is 0 Å². The molecule has 1 atom stereocenters. The van der Waals surface area contributed by atoms with Crippen LogP contribution in [0.2, 0.25) is 0 Å². The quantitative estimate of drug-likeness (QED) is 0.554. The van der Waals surface area contributed by atoms with Gasteiger partial charge < -0.3 is 5.11 Å². The Kier molecular flexibility index (Phi) is 2.50. The smallest absolute Gasteiger partial charge is 0.0724 e. The molecule has 58 valence electrons. The lowest BCUT2D eigenvalue weighted by Crippen LogP contribution is -2.10. The third-order valence-corrected chi connectivity index (χ3v) is 2.30. The average molecular weight is 140 g/mol. The zero-order valence-electron chi connectivity index (χ0n) is 6.85. The minimum atomic E-state index is -0.208. The van der Waals surface area contributed by atoms with Crippen LogP contribution in [0, 0.1) is 0 Å². The van der Waals surface area contributed by atoms with Crippen molar-refractivity contribution in [3.63, 3.8) is 0 Å². The maximum absolute atomic E-state index is 9.29. The molecule has 0 aromatic heterocycles. The summed E-state index contributed by atoms with van der Waals surface area (Å²) in [6.45, 7) is 4.01. The van der Waals surface area contributed by atoms with E-state index in [1.54, 1.807) is 0 Å². The summed E-state index contributed by atoms with van der Waals surface area (Å²) in [6.07, 6.45) is 4.67. The Morgan fingerprint density at radius 3 is 2.30 bits per heavy atom. The lowest BCUT2D eigenvalue weighted by Gasteiger charge is -2.19. The Hall–Kier alpha value is -0.300. The largest absolute Gasteiger partial charge is 0.389 e. The zero-order chi connectivity index (χ0) is 7.56. The van der Waals surface area contributed by atoms with Crippen molar-refractivity contribution in [2.45, 2.75) is 45.6 Å². The van der Waals surface area contributed by atoms with E-state index in [-0.39, 0.29) is 6.10 Å². The number of hydrogen-bond donors (Lipinski definition) is 1. The molecule has 0 heterocycles. The van der Waals surface area contributed by atoms with Crippen LogP contribution in [0.5, 0.6) is 0 Å². The molecule has 10 heavy (non-hydrogen) atoms. The number of aliphatic hydroxyl groups is 1. The van der Waals surface area contributed by atoms with Gasteiger partial charge in [0.1, 0.15) is 0 Å². The molecular weight excluding hydrogens is 124 g/mol. The lowest BCUT2D eigenvalue weighted by molar-refractivity contribution is 0.222. The minimum Gasteiger partial charge on any atom is -0.389 e. The van der Waals surface area contributed by atoms with Gasteiger partial charge in [-0.2, -0.15) is 0 Å². The van der Waals surface area contributed by atoms with Gasteiger partial charge in [-0.15, -0.1) is 0 Å². The molecule has 0 unspecified atom stereocenters. The highest BCUT2D eigenvalue weighted by Gasteiger charge is 2.12. The summed E-state index contributed by atoms with van der Waals surface area (Å²) in [5.74, 6) is 0. The Morgan fingerprint density at radius 1 is 1.30 bits per heavy atom. The van der Waals surface area contributed by atoms with Crippen LogP contribution in [0.1, 0.15) is 39.5 Å². The molecule has 0 amide bonds. The van der Waals surface area contributed by atoms with Crippen LogP contribution in [-0.4, -0.2) is 11.2 Å². The van der Waals surface area contributed by atoms with Gasteiger partial charge in [0, 0.05) is 0 Å². The topological polar surface area (TPSA) is 20.2 Å². The average Bonchev–Trinajstić information content (AvgIpc) is 1.88. The summed E-state index contributed by atoms with van der Waals surface area (Å²) >= 11 is 0. The van der Waals surface area contributed by atoms with E-state index in [1.165, 1.54) is 30.4 Å². The van der Waals surface area contributed by atoms with Crippen molar-refractivity contribution in [3.05, 3.63) is 11.1 Å². The molecule has 0 aromatic carbocycles. The first-order valence-corrected chi connectivity index (χ1v) is 4.08. The summed E-state index contributed by atoms with van der Waals surface area (Å²) in [7, 11) is 0. The molecule has 1 aliphatic carbocycles. The van der Waals surface area contributed by atoms with Gasteiger partial charge in [-0.3, -0.25) is 0 Å². The Bertz CT molecular complexity index is 145. The summed E-state index contributed by atoms with van der Waals surface area (Å²) in [5, 5.41) is 9.29. The molecule has 0 fully saturated rings. The third kappa shape index (κ3) is 1.60. The first kappa shape index (κ1) is 7.80. The minimum absolute atomic E-state index is 0.208. The van der Waals surface area contributed by atoms with Gasteiger partial charge in [0.15, 0.2) is 0 Å². The van der Waals surface area contributed by atoms with Crippen LogP contribution in [0.4, 0.5) is 0 Å². The first-order chi connectivity index (χ1) is 4.72. The van der Waals surface area contributed by atoms with Crippen LogP contribution in [-0.2, 0) is 0 Å². The molecule has 0 radical (unpaired) electrons. The van der Waals surface area contributed by atoms with Crippen LogP contribution >= 0.6 is 0 Å². The molecule has 0 saturated heterocycles. The van der Waals surface area contributed by atoms with Crippen molar-refractivity contribution in [1.82, 2.24) is 0 Å². The molecule has 0 spiro atoms. The maximum Gasteiger partial charge on any atom is 0.0724 e. The van der Waals surface area contributed by atoms with Crippen LogP contribution in [0.25, 0.3) is 0 Å². The Balaban J connectivity index is 2.68. The van der Waals surface area contributed by atoms with Crippen molar-refractivity contribution < 1.29 is 5.11 Å². The standard InChI is InChI=1S/C9H16O/c1-7-5-3-4-6-9(7)8(2)10/h8,10H,3-6H2,1-2H3/t8-/m0/s1. The highest BCUT2D eigenvalue weighted by atomic mass is 16.3. The zero-order valence-corrected chi connectivity index (χ0v) is 6.85. The van der Waals surface area contributed by atoms with Gasteiger partial charge in [0.25, 0.3) is 0 Å². The molecule has 0 aliphatic heterocycles. The predicted molar refractivity (Wildman–Crippen MR) is 42.8 cm³/mol.